The summed E-state index contributed by atoms with van der Waals surface area (Å²) in [5.74, 6) is -1.65. The van der Waals surface area contributed by atoms with Crippen LogP contribution in [0.15, 0.2) is 35.0 Å². The molecule has 0 aliphatic rings. The third-order valence-corrected chi connectivity index (χ3v) is 4.42. The average molecular weight is 512 g/mol. The third-order valence-electron chi connectivity index (χ3n) is 3.75. The van der Waals surface area contributed by atoms with Crippen molar-refractivity contribution in [1.82, 2.24) is 10.5 Å². The van der Waals surface area contributed by atoms with Crippen LogP contribution in [-0.4, -0.2) is 40.4 Å². The summed E-state index contributed by atoms with van der Waals surface area (Å²) in [5, 5.41) is 21.2. The Bertz CT molecular complexity index is 1100. The van der Waals surface area contributed by atoms with Crippen LogP contribution in [0.1, 0.15) is 10.6 Å². The number of hydrogen-bond donors (Lipinski definition) is 4. The van der Waals surface area contributed by atoms with Crippen molar-refractivity contribution in [2.45, 2.75) is 6.10 Å². The van der Waals surface area contributed by atoms with Crippen LogP contribution in [-0.2, 0) is 4.84 Å². The van der Waals surface area contributed by atoms with Gasteiger partial charge in [-0.1, -0.05) is 0 Å². The van der Waals surface area contributed by atoms with Crippen molar-refractivity contribution < 1.29 is 28.7 Å². The Labute approximate surface area is 177 Å². The fourth-order valence-electron chi connectivity index (χ4n) is 2.39. The van der Waals surface area contributed by atoms with Crippen LogP contribution in [0.5, 0.6) is 0 Å². The molecule has 9 nitrogen and oxygen atoms in total. The second kappa shape index (κ2) is 9.14. The fourth-order valence-corrected chi connectivity index (χ4v) is 2.84. The van der Waals surface area contributed by atoms with Crippen LogP contribution in [0.3, 0.4) is 0 Å². The summed E-state index contributed by atoms with van der Waals surface area (Å²) in [6.45, 7) is 6.34. The second-order valence-corrected chi connectivity index (χ2v) is 7.03. The van der Waals surface area contributed by atoms with Crippen LogP contribution in [0.4, 0.5) is 21.5 Å². The molecule has 0 bridgehead atoms. The zero-order valence-corrected chi connectivity index (χ0v) is 16.8. The Kier molecular flexibility index (Phi) is 6.60. The minimum Gasteiger partial charge on any atom is -0.460 e. The van der Waals surface area contributed by atoms with Crippen LogP contribution in [0, 0.1) is 16.0 Å². The molecule has 4 N–H and O–H groups in total. The summed E-state index contributed by atoms with van der Waals surface area (Å²) in [4.78, 5) is 24.6. The topological polar surface area (TPSA) is 121 Å². The maximum atomic E-state index is 14.3. The molecular weight excluding hydrogens is 498 g/mol. The highest BCUT2D eigenvalue weighted by molar-refractivity contribution is 14.1. The first-order valence-electron chi connectivity index (χ1n) is 8.15. The van der Waals surface area contributed by atoms with Crippen molar-refractivity contribution in [3.63, 3.8) is 0 Å². The number of pyridine rings is 1. The van der Waals surface area contributed by atoms with E-state index in [0.717, 1.165) is 0 Å². The number of anilines is 2. The van der Waals surface area contributed by atoms with Gasteiger partial charge in [-0.05, 0) is 40.8 Å². The lowest BCUT2D eigenvalue weighted by molar-refractivity contribution is -0.0302. The lowest BCUT2D eigenvalue weighted by Gasteiger charge is -2.10. The van der Waals surface area contributed by atoms with Crippen LogP contribution in [0.2, 0.25) is 0 Å². The van der Waals surface area contributed by atoms with E-state index in [1.165, 1.54) is 24.5 Å². The number of nitrogens with one attached hydrogen (secondary N) is 2. The molecule has 0 aliphatic heterocycles. The summed E-state index contributed by atoms with van der Waals surface area (Å²) in [5.41, 5.74) is 2.44. The predicted octanol–water partition coefficient (Wildman–Crippen LogP) is 2.88. The number of aliphatic hydroxyl groups is 2. The summed E-state index contributed by atoms with van der Waals surface area (Å²) in [7, 11) is 0. The van der Waals surface area contributed by atoms with Gasteiger partial charge in [0.25, 0.3) is 0 Å². The van der Waals surface area contributed by atoms with E-state index >= 15 is 0 Å². The summed E-state index contributed by atoms with van der Waals surface area (Å²) in [6.07, 6.45) is 1.49. The Morgan fingerprint density at radius 3 is 2.93 bits per heavy atom. The minimum atomic E-state index is -1.18. The quantitative estimate of drug-likeness (QED) is 0.218. The molecule has 1 atom stereocenters. The van der Waals surface area contributed by atoms with Gasteiger partial charge in [-0.2, -0.15) is 0 Å². The van der Waals surface area contributed by atoms with E-state index in [0.29, 0.717) is 8.96 Å². The van der Waals surface area contributed by atoms with E-state index in [9.17, 15) is 14.3 Å². The van der Waals surface area contributed by atoms with E-state index in [2.05, 4.69) is 20.6 Å². The summed E-state index contributed by atoms with van der Waals surface area (Å²) < 4.78 is 20.6. The van der Waals surface area contributed by atoms with Gasteiger partial charge in [0.15, 0.2) is 0 Å². The fraction of sp³-hybridized carbons (Fsp3) is 0.167. The molecule has 29 heavy (non-hydrogen) atoms. The number of aliphatic hydroxyl groups excluding tert-OH is 2. The number of hydroxylamine groups is 1. The molecule has 11 heteroatoms. The molecule has 1 amide bonds. The lowest BCUT2D eigenvalue weighted by atomic mass is 10.2. The molecule has 0 radical (unpaired) electrons. The molecule has 1 aromatic carbocycles. The van der Waals surface area contributed by atoms with Crippen molar-refractivity contribution in [1.29, 1.82) is 0 Å². The minimum absolute atomic E-state index is 0.0734. The number of halogens is 2. The number of rotatable bonds is 7. The number of amides is 1. The predicted molar refractivity (Wildman–Crippen MR) is 109 cm³/mol. The molecule has 3 aromatic rings. The van der Waals surface area contributed by atoms with Gasteiger partial charge in [0.1, 0.15) is 24.1 Å². The zero-order chi connectivity index (χ0) is 21.0. The van der Waals surface area contributed by atoms with Crippen LogP contribution >= 0.6 is 22.6 Å². The van der Waals surface area contributed by atoms with Gasteiger partial charge in [0.2, 0.25) is 11.4 Å². The molecule has 0 saturated heterocycles. The van der Waals surface area contributed by atoms with Gasteiger partial charge in [-0.25, -0.2) is 14.7 Å². The van der Waals surface area contributed by atoms with Gasteiger partial charge in [0, 0.05) is 16.0 Å². The van der Waals surface area contributed by atoms with E-state index in [1.807, 2.05) is 22.6 Å². The number of aromatic nitrogens is 1. The Hall–Kier alpha value is -2.79. The number of carbonyl (C=O) groups is 1. The molecule has 2 heterocycles. The van der Waals surface area contributed by atoms with Crippen LogP contribution in [0.25, 0.3) is 15.8 Å². The number of furan rings is 1. The van der Waals surface area contributed by atoms with Crippen molar-refractivity contribution in [3.8, 4) is 0 Å². The first-order chi connectivity index (χ1) is 13.9. The van der Waals surface area contributed by atoms with Gasteiger partial charge in [-0.15, -0.1) is 0 Å². The van der Waals surface area contributed by atoms with E-state index < -0.39 is 24.4 Å². The van der Waals surface area contributed by atoms with E-state index in [1.54, 1.807) is 6.07 Å². The van der Waals surface area contributed by atoms with Crippen molar-refractivity contribution >= 4 is 56.5 Å². The Morgan fingerprint density at radius 2 is 2.24 bits per heavy atom. The monoisotopic (exact) mass is 512 g/mol. The molecule has 3 rings (SSSR count). The second-order valence-electron chi connectivity index (χ2n) is 5.78. The maximum Gasteiger partial charge on any atom is 0.312 e. The van der Waals surface area contributed by atoms with Crippen molar-refractivity contribution in [3.05, 3.63) is 57.2 Å². The van der Waals surface area contributed by atoms with Gasteiger partial charge in [0.05, 0.1) is 29.9 Å². The van der Waals surface area contributed by atoms with Crippen LogP contribution < -0.4 is 10.8 Å². The smallest absolute Gasteiger partial charge is 0.312 e. The molecule has 0 unspecified atom stereocenters. The van der Waals surface area contributed by atoms with E-state index in [4.69, 9.17) is 20.9 Å². The molecule has 0 fully saturated rings. The summed E-state index contributed by atoms with van der Waals surface area (Å²) in [6, 6.07) is 4.49. The SMILES string of the molecule is [C-]#[N+]c1cncc2c(Nc3ccc(I)cc3F)c(C(=O)NOC[C@H](O)CO)oc12. The average Bonchev–Trinajstić information content (AvgIpc) is 3.08. The Balaban J connectivity index is 2.00. The number of benzene rings is 1. The first kappa shape index (κ1) is 20.9. The van der Waals surface area contributed by atoms with Gasteiger partial charge < -0.3 is 19.9 Å². The highest BCUT2D eigenvalue weighted by atomic mass is 127. The Morgan fingerprint density at radius 1 is 1.45 bits per heavy atom. The lowest BCUT2D eigenvalue weighted by Crippen LogP contribution is -2.30. The largest absolute Gasteiger partial charge is 0.460 e. The number of nitrogens with zero attached hydrogens (tertiary/aromatic N) is 2. The molecule has 0 aliphatic carbocycles. The first-order valence-corrected chi connectivity index (χ1v) is 9.23. The number of fused-ring (bicyclic) bond motifs is 1. The normalized spacial score (nSPS) is 11.8. The standard InChI is InChI=1S/C18H14FIN4O5/c1-21-14-6-22-5-11-15(23-13-3-2-9(20)4-12(13)19)17(29-16(11)14)18(27)24-28-8-10(26)7-25/h2-6,10,23,25-26H,7-8H2,(H,24,27)/t10-/m1/s1. The van der Waals surface area contributed by atoms with Crippen molar-refractivity contribution in [2.24, 2.45) is 0 Å². The van der Waals surface area contributed by atoms with Gasteiger partial charge >= 0.3 is 5.91 Å². The van der Waals surface area contributed by atoms with Crippen molar-refractivity contribution in [2.75, 3.05) is 18.5 Å². The van der Waals surface area contributed by atoms with Gasteiger partial charge in [-0.3, -0.25) is 14.6 Å². The molecule has 2 aromatic heterocycles. The molecule has 0 saturated carbocycles. The molecule has 0 spiro atoms. The highest BCUT2D eigenvalue weighted by Gasteiger charge is 2.24. The third kappa shape index (κ3) is 4.62. The summed E-state index contributed by atoms with van der Waals surface area (Å²) >= 11 is 1.97. The number of hydrogen-bond acceptors (Lipinski definition) is 7. The highest BCUT2D eigenvalue weighted by Crippen LogP contribution is 2.38. The molecule has 150 valence electrons. The number of carbonyl (C=O) groups excluding carboxylic acids is 1. The van der Waals surface area contributed by atoms with E-state index in [-0.39, 0.29) is 35.0 Å². The molecular formula is C18H14FIN4O5. The zero-order valence-electron chi connectivity index (χ0n) is 14.6. The maximum absolute atomic E-state index is 14.3.